The number of rotatable bonds is 5. The number of halogens is 1. The van der Waals surface area contributed by atoms with Crippen LogP contribution >= 0.6 is 35.2 Å². The molecule has 0 radical (unpaired) electrons. The van der Waals surface area contributed by atoms with E-state index in [1.54, 1.807) is 18.2 Å². The number of fused-ring (bicyclic) bond motifs is 1. The summed E-state index contributed by atoms with van der Waals surface area (Å²) < 4.78 is 11.7. The SMILES string of the molecule is COc1cc(/C=N\NC(N)=S)ccc1OC(=O)c1sc2ccccc2c1Cl. The summed E-state index contributed by atoms with van der Waals surface area (Å²) in [6, 6.07) is 12.5. The minimum Gasteiger partial charge on any atom is -0.493 e. The lowest BCUT2D eigenvalue weighted by atomic mass is 10.2. The number of hydrazone groups is 1. The lowest BCUT2D eigenvalue weighted by Gasteiger charge is -2.09. The molecule has 0 saturated heterocycles. The van der Waals surface area contributed by atoms with E-state index < -0.39 is 5.97 Å². The van der Waals surface area contributed by atoms with Gasteiger partial charge in [0.05, 0.1) is 18.3 Å². The number of ether oxygens (including phenoxy) is 2. The van der Waals surface area contributed by atoms with Gasteiger partial charge < -0.3 is 15.2 Å². The van der Waals surface area contributed by atoms with E-state index in [-0.39, 0.29) is 10.9 Å². The number of nitrogens with zero attached hydrogens (tertiary/aromatic N) is 1. The molecule has 27 heavy (non-hydrogen) atoms. The highest BCUT2D eigenvalue weighted by atomic mass is 35.5. The fourth-order valence-electron chi connectivity index (χ4n) is 2.31. The second kappa shape index (κ2) is 8.34. The van der Waals surface area contributed by atoms with Gasteiger partial charge in [0, 0.05) is 10.1 Å². The van der Waals surface area contributed by atoms with Crippen molar-refractivity contribution < 1.29 is 14.3 Å². The monoisotopic (exact) mass is 419 g/mol. The number of methoxy groups -OCH3 is 1. The van der Waals surface area contributed by atoms with E-state index in [1.807, 2.05) is 24.3 Å². The molecule has 1 heterocycles. The number of benzene rings is 2. The number of thiocarbonyl (C=S) groups is 1. The highest BCUT2D eigenvalue weighted by Crippen LogP contribution is 2.36. The molecule has 0 unspecified atom stereocenters. The molecule has 3 N–H and O–H groups in total. The van der Waals surface area contributed by atoms with Crippen LogP contribution in [0.2, 0.25) is 5.02 Å². The Labute approximate surface area is 169 Å². The number of nitrogens with two attached hydrogens (primary N) is 1. The molecule has 9 heteroatoms. The number of carbonyl (C=O) groups excluding carboxylic acids is 1. The lowest BCUT2D eigenvalue weighted by Crippen LogP contribution is -2.23. The zero-order valence-electron chi connectivity index (χ0n) is 14.1. The Bertz CT molecular complexity index is 1050. The number of hydrogen-bond acceptors (Lipinski definition) is 6. The first kappa shape index (κ1) is 19.1. The van der Waals surface area contributed by atoms with Crippen LogP contribution in [-0.2, 0) is 0 Å². The van der Waals surface area contributed by atoms with Crippen LogP contribution in [-0.4, -0.2) is 24.4 Å². The summed E-state index contributed by atoms with van der Waals surface area (Å²) in [5.74, 6) is 0.103. The molecule has 138 valence electrons. The van der Waals surface area contributed by atoms with Crippen LogP contribution < -0.4 is 20.6 Å². The molecule has 0 aliphatic heterocycles. The summed E-state index contributed by atoms with van der Waals surface area (Å²) in [6.45, 7) is 0. The molecule has 3 rings (SSSR count). The fraction of sp³-hybridized carbons (Fsp3) is 0.0556. The fourth-order valence-corrected chi connectivity index (χ4v) is 3.75. The van der Waals surface area contributed by atoms with Crippen LogP contribution in [0.15, 0.2) is 47.6 Å². The summed E-state index contributed by atoms with van der Waals surface area (Å²) in [5, 5.41) is 5.13. The number of hydrogen-bond donors (Lipinski definition) is 2. The van der Waals surface area contributed by atoms with Gasteiger partial charge in [-0.1, -0.05) is 29.8 Å². The molecular weight excluding hydrogens is 406 g/mol. The van der Waals surface area contributed by atoms with Gasteiger partial charge in [-0.15, -0.1) is 11.3 Å². The zero-order chi connectivity index (χ0) is 19.4. The molecule has 6 nitrogen and oxygen atoms in total. The van der Waals surface area contributed by atoms with E-state index in [9.17, 15) is 4.79 Å². The standard InChI is InChI=1S/C18H14ClN3O3S2/c1-24-13-8-10(9-21-22-18(20)26)6-7-12(13)25-17(23)16-15(19)11-4-2-3-5-14(11)27-16/h2-9H,1H3,(H3,20,22,26)/b21-9-. The molecule has 0 atom stereocenters. The maximum absolute atomic E-state index is 12.6. The Morgan fingerprint density at radius 1 is 1.30 bits per heavy atom. The van der Waals surface area contributed by atoms with Gasteiger partial charge in [0.1, 0.15) is 4.88 Å². The third kappa shape index (κ3) is 4.36. The second-order valence-corrected chi connectivity index (χ2v) is 7.15. The smallest absolute Gasteiger partial charge is 0.355 e. The van der Waals surface area contributed by atoms with Crippen molar-refractivity contribution >= 4 is 62.5 Å². The zero-order valence-corrected chi connectivity index (χ0v) is 16.5. The molecule has 2 aromatic carbocycles. The molecule has 0 aliphatic rings. The van der Waals surface area contributed by atoms with Crippen molar-refractivity contribution in [3.8, 4) is 11.5 Å². The lowest BCUT2D eigenvalue weighted by molar-refractivity contribution is 0.0735. The summed E-state index contributed by atoms with van der Waals surface area (Å²) in [6.07, 6.45) is 1.51. The number of nitrogens with one attached hydrogen (secondary N) is 1. The molecule has 1 aromatic heterocycles. The summed E-state index contributed by atoms with van der Waals surface area (Å²) in [4.78, 5) is 12.9. The van der Waals surface area contributed by atoms with Crippen LogP contribution in [0.4, 0.5) is 0 Å². The molecule has 0 saturated carbocycles. The van der Waals surface area contributed by atoms with E-state index in [1.165, 1.54) is 24.7 Å². The van der Waals surface area contributed by atoms with Gasteiger partial charge in [0.2, 0.25) is 0 Å². The van der Waals surface area contributed by atoms with Crippen molar-refractivity contribution in [2.45, 2.75) is 0 Å². The normalized spacial score (nSPS) is 10.9. The van der Waals surface area contributed by atoms with Crippen LogP contribution in [0.5, 0.6) is 11.5 Å². The minimum absolute atomic E-state index is 0.0592. The predicted molar refractivity (Wildman–Crippen MR) is 112 cm³/mol. The van der Waals surface area contributed by atoms with Crippen molar-refractivity contribution in [2.75, 3.05) is 7.11 Å². The number of carbonyl (C=O) groups is 1. The maximum Gasteiger partial charge on any atom is 0.355 e. The summed E-state index contributed by atoms with van der Waals surface area (Å²) in [7, 11) is 1.48. The molecule has 0 bridgehead atoms. The predicted octanol–water partition coefficient (Wildman–Crippen LogP) is 3.95. The molecule has 0 spiro atoms. The van der Waals surface area contributed by atoms with Crippen LogP contribution in [0.1, 0.15) is 15.2 Å². The van der Waals surface area contributed by atoms with Crippen molar-refractivity contribution in [2.24, 2.45) is 10.8 Å². The van der Waals surface area contributed by atoms with Gasteiger partial charge in [0.15, 0.2) is 16.6 Å². The first-order valence-corrected chi connectivity index (χ1v) is 9.25. The third-order valence-corrected chi connectivity index (χ3v) is 5.25. The van der Waals surface area contributed by atoms with Gasteiger partial charge >= 0.3 is 5.97 Å². The molecule has 3 aromatic rings. The highest BCUT2D eigenvalue weighted by molar-refractivity contribution is 7.80. The average Bonchev–Trinajstić information content (AvgIpc) is 2.99. The summed E-state index contributed by atoms with van der Waals surface area (Å²) >= 11 is 12.3. The number of thiophene rings is 1. The van der Waals surface area contributed by atoms with Crippen molar-refractivity contribution in [3.05, 3.63) is 57.9 Å². The second-order valence-electron chi connectivity index (χ2n) is 5.28. The van der Waals surface area contributed by atoms with E-state index in [4.69, 9.17) is 26.8 Å². The first-order valence-electron chi connectivity index (χ1n) is 7.65. The van der Waals surface area contributed by atoms with Gasteiger partial charge in [-0.25, -0.2) is 4.79 Å². The van der Waals surface area contributed by atoms with Gasteiger partial charge in [0.25, 0.3) is 0 Å². The van der Waals surface area contributed by atoms with E-state index in [2.05, 4.69) is 22.7 Å². The first-order chi connectivity index (χ1) is 13.0. The third-order valence-electron chi connectivity index (χ3n) is 3.50. The Morgan fingerprint density at radius 2 is 2.07 bits per heavy atom. The topological polar surface area (TPSA) is 85.9 Å². The molecular formula is C18H14ClN3O3S2. The van der Waals surface area contributed by atoms with Gasteiger partial charge in [-0.2, -0.15) is 5.10 Å². The number of esters is 1. The Hall–Kier alpha value is -2.68. The van der Waals surface area contributed by atoms with E-state index >= 15 is 0 Å². The van der Waals surface area contributed by atoms with Gasteiger partial charge in [-0.3, -0.25) is 5.43 Å². The van der Waals surface area contributed by atoms with Crippen LogP contribution in [0.3, 0.4) is 0 Å². The summed E-state index contributed by atoms with van der Waals surface area (Å²) in [5.41, 5.74) is 8.46. The van der Waals surface area contributed by atoms with E-state index in [0.717, 1.165) is 10.1 Å². The minimum atomic E-state index is -0.545. The van der Waals surface area contributed by atoms with Crippen LogP contribution in [0.25, 0.3) is 10.1 Å². The largest absolute Gasteiger partial charge is 0.493 e. The van der Waals surface area contributed by atoms with Crippen molar-refractivity contribution in [1.82, 2.24) is 5.43 Å². The molecule has 0 fully saturated rings. The Kier molecular flexibility index (Phi) is 5.90. The van der Waals surface area contributed by atoms with Crippen LogP contribution in [0, 0.1) is 0 Å². The highest BCUT2D eigenvalue weighted by Gasteiger charge is 2.20. The quantitative estimate of drug-likeness (QED) is 0.214. The maximum atomic E-state index is 12.6. The Balaban J connectivity index is 1.83. The van der Waals surface area contributed by atoms with Crippen molar-refractivity contribution in [1.29, 1.82) is 0 Å². The molecule has 0 amide bonds. The molecule has 0 aliphatic carbocycles. The Morgan fingerprint density at radius 3 is 2.78 bits per heavy atom. The average molecular weight is 420 g/mol. The van der Waals surface area contributed by atoms with Gasteiger partial charge in [-0.05, 0) is 42.0 Å². The van der Waals surface area contributed by atoms with Crippen molar-refractivity contribution in [3.63, 3.8) is 0 Å². The van der Waals surface area contributed by atoms with E-state index in [0.29, 0.717) is 21.2 Å².